The normalized spacial score (nSPS) is 11.2. The summed E-state index contributed by atoms with van der Waals surface area (Å²) >= 11 is 0. The lowest BCUT2D eigenvalue weighted by Crippen LogP contribution is -1.94. The van der Waals surface area contributed by atoms with Crippen molar-refractivity contribution in [1.82, 2.24) is 9.55 Å². The maximum Gasteiger partial charge on any atom is 0.0715 e. The molecule has 0 unspecified atom stereocenters. The van der Waals surface area contributed by atoms with Crippen LogP contribution >= 0.6 is 0 Å². The van der Waals surface area contributed by atoms with Gasteiger partial charge in [-0.15, -0.1) is 0 Å². The molecule has 7 aromatic rings. The Bertz CT molecular complexity index is 1790. The summed E-state index contributed by atoms with van der Waals surface area (Å²) in [6.07, 6.45) is 0. The highest BCUT2D eigenvalue weighted by molar-refractivity contribution is 6.10. The molecule has 0 bridgehead atoms. The van der Waals surface area contributed by atoms with Crippen molar-refractivity contribution in [3.8, 4) is 39.3 Å². The van der Waals surface area contributed by atoms with Gasteiger partial charge in [0.05, 0.1) is 22.4 Å². The zero-order valence-electron chi connectivity index (χ0n) is 20.3. The Morgan fingerprint density at radius 3 is 1.57 bits per heavy atom. The van der Waals surface area contributed by atoms with E-state index in [2.05, 4.69) is 138 Å². The largest absolute Gasteiger partial charge is 0.309 e. The first-order valence-corrected chi connectivity index (χ1v) is 12.6. The van der Waals surface area contributed by atoms with E-state index in [0.717, 1.165) is 33.8 Å². The summed E-state index contributed by atoms with van der Waals surface area (Å²) in [5, 5.41) is 2.52. The van der Waals surface area contributed by atoms with Crippen LogP contribution in [0.3, 0.4) is 0 Å². The van der Waals surface area contributed by atoms with Crippen LogP contribution in [0, 0.1) is 0 Å². The van der Waals surface area contributed by atoms with Gasteiger partial charge in [0.15, 0.2) is 0 Å². The van der Waals surface area contributed by atoms with Crippen LogP contribution in [-0.4, -0.2) is 9.55 Å². The van der Waals surface area contributed by atoms with Gasteiger partial charge in [-0.25, -0.2) is 4.98 Å². The fourth-order valence-electron chi connectivity index (χ4n) is 5.22. The molecule has 5 aromatic carbocycles. The number of hydrogen-bond donors (Lipinski definition) is 0. The second kappa shape index (κ2) is 8.92. The molecule has 2 heterocycles. The van der Waals surface area contributed by atoms with E-state index in [0.29, 0.717) is 0 Å². The van der Waals surface area contributed by atoms with Crippen LogP contribution in [0.25, 0.3) is 61.1 Å². The van der Waals surface area contributed by atoms with Crippen LogP contribution in [0.4, 0.5) is 0 Å². The van der Waals surface area contributed by atoms with Crippen LogP contribution in [0.2, 0.25) is 0 Å². The molecule has 0 atom stereocenters. The van der Waals surface area contributed by atoms with Crippen molar-refractivity contribution in [2.75, 3.05) is 0 Å². The molecule has 0 fully saturated rings. The molecule has 0 spiro atoms. The van der Waals surface area contributed by atoms with Crippen LogP contribution in [0.15, 0.2) is 146 Å². The summed E-state index contributed by atoms with van der Waals surface area (Å²) in [4.78, 5) is 5.06. The summed E-state index contributed by atoms with van der Waals surface area (Å²) < 4.78 is 2.37. The minimum atomic E-state index is 0.973. The van der Waals surface area contributed by atoms with Gasteiger partial charge in [-0.2, -0.15) is 0 Å². The van der Waals surface area contributed by atoms with Crippen LogP contribution in [0.1, 0.15) is 0 Å². The second-order valence-corrected chi connectivity index (χ2v) is 9.28. The molecule has 0 aliphatic carbocycles. The number of hydrogen-bond acceptors (Lipinski definition) is 1. The van der Waals surface area contributed by atoms with Crippen LogP contribution < -0.4 is 0 Å². The predicted molar refractivity (Wildman–Crippen MR) is 155 cm³/mol. The van der Waals surface area contributed by atoms with Crippen molar-refractivity contribution < 1.29 is 0 Å². The zero-order chi connectivity index (χ0) is 24.6. The lowest BCUT2D eigenvalue weighted by Gasteiger charge is -2.12. The van der Waals surface area contributed by atoms with Gasteiger partial charge in [-0.1, -0.05) is 109 Å². The van der Waals surface area contributed by atoms with E-state index < -0.39 is 0 Å². The molecule has 37 heavy (non-hydrogen) atoms. The highest BCUT2D eigenvalue weighted by Gasteiger charge is 2.14. The van der Waals surface area contributed by atoms with Crippen LogP contribution in [0.5, 0.6) is 0 Å². The topological polar surface area (TPSA) is 17.8 Å². The maximum atomic E-state index is 5.06. The van der Waals surface area contributed by atoms with Gasteiger partial charge in [0, 0.05) is 27.6 Å². The molecule has 2 aromatic heterocycles. The zero-order valence-corrected chi connectivity index (χ0v) is 20.3. The van der Waals surface area contributed by atoms with Gasteiger partial charge in [0.2, 0.25) is 0 Å². The number of pyridine rings is 1. The molecule has 0 amide bonds. The molecule has 174 valence electrons. The average molecular weight is 473 g/mol. The van der Waals surface area contributed by atoms with E-state index in [-0.39, 0.29) is 0 Å². The first-order chi connectivity index (χ1) is 18.3. The molecule has 0 saturated carbocycles. The number of aromatic nitrogens is 2. The smallest absolute Gasteiger partial charge is 0.0715 e. The summed E-state index contributed by atoms with van der Waals surface area (Å²) in [6.45, 7) is 0. The molecule has 0 radical (unpaired) electrons. The fraction of sp³-hybridized carbons (Fsp3) is 0. The number of para-hydroxylation sites is 2. The number of benzene rings is 5. The molecule has 2 heteroatoms. The van der Waals surface area contributed by atoms with Gasteiger partial charge < -0.3 is 4.57 Å². The summed E-state index contributed by atoms with van der Waals surface area (Å²) in [7, 11) is 0. The maximum absolute atomic E-state index is 5.06. The summed E-state index contributed by atoms with van der Waals surface area (Å²) in [6, 6.07) is 51.3. The number of nitrogens with zero attached hydrogens (tertiary/aromatic N) is 2. The minimum Gasteiger partial charge on any atom is -0.309 e. The van der Waals surface area contributed by atoms with Crippen molar-refractivity contribution in [3.63, 3.8) is 0 Å². The Morgan fingerprint density at radius 2 is 0.919 bits per heavy atom. The fourth-order valence-corrected chi connectivity index (χ4v) is 5.22. The molecular weight excluding hydrogens is 448 g/mol. The lowest BCUT2D eigenvalue weighted by molar-refractivity contribution is 1.18. The van der Waals surface area contributed by atoms with E-state index in [9.17, 15) is 0 Å². The number of fused-ring (bicyclic) bond motifs is 3. The summed E-state index contributed by atoms with van der Waals surface area (Å²) in [5.74, 6) is 0. The highest BCUT2D eigenvalue weighted by Crippen LogP contribution is 2.36. The highest BCUT2D eigenvalue weighted by atomic mass is 15.0. The third kappa shape index (κ3) is 3.80. The average Bonchev–Trinajstić information content (AvgIpc) is 3.32. The SMILES string of the molecule is c1ccc(-c2cc(-c3ccc4c5ccccc5n(-c5ccccc5)c4c3)cc(-c3ccccc3)n2)cc1. The summed E-state index contributed by atoms with van der Waals surface area (Å²) in [5.41, 5.74) is 10.1. The second-order valence-electron chi connectivity index (χ2n) is 9.28. The van der Waals surface area contributed by atoms with E-state index in [1.807, 2.05) is 12.1 Å². The van der Waals surface area contributed by atoms with Crippen molar-refractivity contribution in [1.29, 1.82) is 0 Å². The standard InChI is InChI=1S/C35H24N2/c1-4-12-25(13-5-1)32-22-28(23-33(36-32)26-14-6-2-7-15-26)27-20-21-31-30-18-10-11-19-34(30)37(35(31)24-27)29-16-8-3-9-17-29/h1-24H. The van der Waals surface area contributed by atoms with Crippen molar-refractivity contribution in [2.24, 2.45) is 0 Å². The molecule has 0 aliphatic heterocycles. The molecule has 0 aliphatic rings. The van der Waals surface area contributed by atoms with E-state index >= 15 is 0 Å². The Balaban J connectivity index is 1.48. The van der Waals surface area contributed by atoms with Crippen LogP contribution in [-0.2, 0) is 0 Å². The van der Waals surface area contributed by atoms with E-state index in [4.69, 9.17) is 4.98 Å². The molecule has 7 rings (SSSR count). The van der Waals surface area contributed by atoms with Gasteiger partial charge in [0.1, 0.15) is 0 Å². The van der Waals surface area contributed by atoms with E-state index in [1.54, 1.807) is 0 Å². The van der Waals surface area contributed by atoms with Crippen molar-refractivity contribution >= 4 is 21.8 Å². The molecule has 0 saturated heterocycles. The van der Waals surface area contributed by atoms with E-state index in [1.165, 1.54) is 27.4 Å². The quantitative estimate of drug-likeness (QED) is 0.250. The Morgan fingerprint density at radius 1 is 0.378 bits per heavy atom. The lowest BCUT2D eigenvalue weighted by atomic mass is 9.99. The third-order valence-corrected chi connectivity index (χ3v) is 6.99. The van der Waals surface area contributed by atoms with Gasteiger partial charge in [0.25, 0.3) is 0 Å². The van der Waals surface area contributed by atoms with Gasteiger partial charge in [-0.3, -0.25) is 0 Å². The Labute approximate surface area is 216 Å². The molecular formula is C35H24N2. The first kappa shape index (κ1) is 21.3. The predicted octanol–water partition coefficient (Wildman–Crippen LogP) is 9.18. The third-order valence-electron chi connectivity index (χ3n) is 6.99. The minimum absolute atomic E-state index is 0.973. The van der Waals surface area contributed by atoms with Crippen molar-refractivity contribution in [3.05, 3.63) is 146 Å². The monoisotopic (exact) mass is 472 g/mol. The molecule has 0 N–H and O–H groups in total. The Kier molecular flexibility index (Phi) is 5.15. The Hall–Kier alpha value is -4.95. The first-order valence-electron chi connectivity index (χ1n) is 12.6. The number of rotatable bonds is 4. The van der Waals surface area contributed by atoms with Gasteiger partial charge >= 0.3 is 0 Å². The van der Waals surface area contributed by atoms with Gasteiger partial charge in [-0.05, 0) is 47.5 Å². The molecule has 2 nitrogen and oxygen atoms in total. The van der Waals surface area contributed by atoms with Crippen molar-refractivity contribution in [2.45, 2.75) is 0 Å².